The molecule has 0 spiro atoms. The van der Waals surface area contributed by atoms with E-state index < -0.39 is 0 Å². The Morgan fingerprint density at radius 1 is 1.83 bits per heavy atom. The topological polar surface area (TPSA) is 49.5 Å². The maximum Gasteiger partial charge on any atom is 0.297 e. The van der Waals surface area contributed by atoms with Gasteiger partial charge in [-0.15, -0.1) is 6.58 Å². The van der Waals surface area contributed by atoms with Gasteiger partial charge in [-0.2, -0.15) is 4.98 Å². The Bertz CT molecular complexity index is 257. The number of hydrogen-bond acceptors (Lipinski definition) is 4. The van der Waals surface area contributed by atoms with Crippen molar-refractivity contribution in [2.45, 2.75) is 6.61 Å². The second-order valence-electron chi connectivity index (χ2n) is 2.45. The van der Waals surface area contributed by atoms with Gasteiger partial charge in [-0.05, 0) is 0 Å². The number of hydrogen-bond donors (Lipinski definition) is 1. The predicted molar refractivity (Wildman–Crippen MR) is 45.9 cm³/mol. The lowest BCUT2D eigenvalue weighted by atomic mass is 10.5. The Balaban J connectivity index is 2.67. The van der Waals surface area contributed by atoms with Gasteiger partial charge in [-0.1, -0.05) is 6.08 Å². The molecule has 1 rings (SSSR count). The van der Waals surface area contributed by atoms with E-state index in [0.29, 0.717) is 18.3 Å². The smallest absolute Gasteiger partial charge is 0.297 e. The maximum atomic E-state index is 8.70. The zero-order valence-corrected chi connectivity index (χ0v) is 7.03. The maximum absolute atomic E-state index is 8.70. The molecule has 1 N–H and O–H groups in total. The van der Waals surface area contributed by atoms with Crippen molar-refractivity contribution in [1.82, 2.24) is 4.98 Å². The van der Waals surface area contributed by atoms with E-state index in [1.165, 1.54) is 6.26 Å². The van der Waals surface area contributed by atoms with E-state index in [1.807, 2.05) is 7.05 Å². The van der Waals surface area contributed by atoms with E-state index in [0.717, 1.165) is 0 Å². The summed E-state index contributed by atoms with van der Waals surface area (Å²) in [7, 11) is 1.84. The molecular weight excluding hydrogens is 156 g/mol. The lowest BCUT2D eigenvalue weighted by Gasteiger charge is -2.09. The third-order valence-electron chi connectivity index (χ3n) is 1.43. The molecule has 1 aromatic rings. The molecule has 66 valence electrons. The Morgan fingerprint density at radius 2 is 2.58 bits per heavy atom. The highest BCUT2D eigenvalue weighted by Crippen LogP contribution is 2.11. The summed E-state index contributed by atoms with van der Waals surface area (Å²) in [5.41, 5.74) is 0.543. The molecule has 1 heterocycles. The van der Waals surface area contributed by atoms with Gasteiger partial charge in [0.15, 0.2) is 0 Å². The van der Waals surface area contributed by atoms with Gasteiger partial charge >= 0.3 is 0 Å². The van der Waals surface area contributed by atoms with Gasteiger partial charge in [-0.3, -0.25) is 0 Å². The number of oxazole rings is 1. The number of aromatic nitrogens is 1. The molecule has 0 aliphatic carbocycles. The standard InChI is InChI=1S/C8H12N2O2/c1-3-4-10(2)8-9-7(5-11)6-12-8/h3,6,11H,1,4-5H2,2H3. The second-order valence-corrected chi connectivity index (χ2v) is 2.45. The van der Waals surface area contributed by atoms with Gasteiger partial charge in [0.1, 0.15) is 12.0 Å². The Labute approximate surface area is 71.1 Å². The number of likely N-dealkylation sites (N-methyl/N-ethyl adjacent to an activating group) is 1. The van der Waals surface area contributed by atoms with E-state index in [9.17, 15) is 0 Å². The van der Waals surface area contributed by atoms with Crippen LogP contribution < -0.4 is 4.90 Å². The van der Waals surface area contributed by atoms with Crippen molar-refractivity contribution < 1.29 is 9.52 Å². The largest absolute Gasteiger partial charge is 0.432 e. The minimum atomic E-state index is -0.0918. The fourth-order valence-electron chi connectivity index (χ4n) is 0.816. The first-order valence-electron chi connectivity index (χ1n) is 3.65. The fraction of sp³-hybridized carbons (Fsp3) is 0.375. The molecule has 0 fully saturated rings. The molecule has 0 saturated carbocycles. The Hall–Kier alpha value is -1.29. The average molecular weight is 168 g/mol. The average Bonchev–Trinajstić information content (AvgIpc) is 2.52. The lowest BCUT2D eigenvalue weighted by Crippen LogP contribution is -2.16. The van der Waals surface area contributed by atoms with Gasteiger partial charge in [0.25, 0.3) is 6.01 Å². The highest BCUT2D eigenvalue weighted by Gasteiger charge is 2.05. The molecule has 1 aromatic heterocycles. The van der Waals surface area contributed by atoms with Gasteiger partial charge in [-0.25, -0.2) is 0 Å². The van der Waals surface area contributed by atoms with Crippen LogP contribution in [-0.4, -0.2) is 23.7 Å². The van der Waals surface area contributed by atoms with Crippen LogP contribution in [0.1, 0.15) is 5.69 Å². The van der Waals surface area contributed by atoms with E-state index in [1.54, 1.807) is 11.0 Å². The van der Waals surface area contributed by atoms with E-state index in [4.69, 9.17) is 9.52 Å². The molecular formula is C8H12N2O2. The molecule has 0 saturated heterocycles. The van der Waals surface area contributed by atoms with Gasteiger partial charge in [0.2, 0.25) is 0 Å². The zero-order chi connectivity index (χ0) is 8.97. The summed E-state index contributed by atoms with van der Waals surface area (Å²) in [6.45, 7) is 4.17. The molecule has 0 amide bonds. The lowest BCUT2D eigenvalue weighted by molar-refractivity contribution is 0.276. The first kappa shape index (κ1) is 8.80. The number of rotatable bonds is 4. The first-order chi connectivity index (χ1) is 5.77. The summed E-state index contributed by atoms with van der Waals surface area (Å²) in [5.74, 6) is 0. The molecule has 0 bridgehead atoms. The Morgan fingerprint density at radius 3 is 3.08 bits per heavy atom. The molecule has 0 aliphatic heterocycles. The normalized spacial score (nSPS) is 9.83. The third kappa shape index (κ3) is 1.85. The van der Waals surface area contributed by atoms with Gasteiger partial charge in [0, 0.05) is 13.6 Å². The van der Waals surface area contributed by atoms with Crippen molar-refractivity contribution in [3.8, 4) is 0 Å². The number of aliphatic hydroxyl groups excluding tert-OH is 1. The summed E-state index contributed by atoms with van der Waals surface area (Å²) >= 11 is 0. The van der Waals surface area contributed by atoms with Crippen molar-refractivity contribution >= 4 is 6.01 Å². The summed E-state index contributed by atoms with van der Waals surface area (Å²) in [5, 5.41) is 8.70. The SMILES string of the molecule is C=CCN(C)c1nc(CO)co1. The van der Waals surface area contributed by atoms with Crippen LogP contribution in [0.15, 0.2) is 23.3 Å². The molecule has 0 radical (unpaired) electrons. The fourth-order valence-corrected chi connectivity index (χ4v) is 0.816. The van der Waals surface area contributed by atoms with E-state index >= 15 is 0 Å². The molecule has 0 unspecified atom stereocenters. The first-order valence-corrected chi connectivity index (χ1v) is 3.65. The van der Waals surface area contributed by atoms with E-state index in [-0.39, 0.29) is 6.61 Å². The van der Waals surface area contributed by atoms with Crippen molar-refractivity contribution in [3.05, 3.63) is 24.6 Å². The summed E-state index contributed by atoms with van der Waals surface area (Å²) in [4.78, 5) is 5.81. The minimum Gasteiger partial charge on any atom is -0.432 e. The number of nitrogens with zero attached hydrogens (tertiary/aromatic N) is 2. The highest BCUT2D eigenvalue weighted by molar-refractivity contribution is 5.26. The summed E-state index contributed by atoms with van der Waals surface area (Å²) in [6, 6.07) is 0.499. The van der Waals surface area contributed by atoms with Crippen LogP contribution in [0.25, 0.3) is 0 Å². The van der Waals surface area contributed by atoms with Crippen molar-refractivity contribution in [1.29, 1.82) is 0 Å². The van der Waals surface area contributed by atoms with Crippen LogP contribution in [0, 0.1) is 0 Å². The zero-order valence-electron chi connectivity index (χ0n) is 7.03. The van der Waals surface area contributed by atoms with Crippen LogP contribution in [0.4, 0.5) is 6.01 Å². The van der Waals surface area contributed by atoms with Crippen LogP contribution in [-0.2, 0) is 6.61 Å². The molecule has 4 heteroatoms. The van der Waals surface area contributed by atoms with Crippen LogP contribution >= 0.6 is 0 Å². The molecule has 4 nitrogen and oxygen atoms in total. The number of aliphatic hydroxyl groups is 1. The molecule has 0 aromatic carbocycles. The van der Waals surface area contributed by atoms with E-state index in [2.05, 4.69) is 11.6 Å². The predicted octanol–water partition coefficient (Wildman–Crippen LogP) is 0.789. The van der Waals surface area contributed by atoms with Crippen LogP contribution in [0.5, 0.6) is 0 Å². The minimum absolute atomic E-state index is 0.0918. The second kappa shape index (κ2) is 3.92. The molecule has 0 aliphatic rings. The summed E-state index contributed by atoms with van der Waals surface area (Å²) in [6.07, 6.45) is 3.19. The molecule has 0 atom stereocenters. The van der Waals surface area contributed by atoms with Crippen molar-refractivity contribution in [2.24, 2.45) is 0 Å². The third-order valence-corrected chi connectivity index (χ3v) is 1.43. The van der Waals surface area contributed by atoms with Crippen LogP contribution in [0.3, 0.4) is 0 Å². The van der Waals surface area contributed by atoms with Crippen LogP contribution in [0.2, 0.25) is 0 Å². The van der Waals surface area contributed by atoms with Crippen molar-refractivity contribution in [2.75, 3.05) is 18.5 Å². The quantitative estimate of drug-likeness (QED) is 0.675. The monoisotopic (exact) mass is 168 g/mol. The van der Waals surface area contributed by atoms with Gasteiger partial charge in [0.05, 0.1) is 6.61 Å². The van der Waals surface area contributed by atoms with Gasteiger partial charge < -0.3 is 14.4 Å². The molecule has 12 heavy (non-hydrogen) atoms. The number of anilines is 1. The highest BCUT2D eigenvalue weighted by atomic mass is 16.4. The summed E-state index contributed by atoms with van der Waals surface area (Å²) < 4.78 is 5.08. The Kier molecular flexibility index (Phi) is 2.88. The van der Waals surface area contributed by atoms with Crippen molar-refractivity contribution in [3.63, 3.8) is 0 Å².